The number of rotatable bonds is 9. The summed E-state index contributed by atoms with van der Waals surface area (Å²) >= 11 is 0. The van der Waals surface area contributed by atoms with Crippen molar-refractivity contribution < 1.29 is 0 Å². The quantitative estimate of drug-likeness (QED) is 0.567. The maximum absolute atomic E-state index is 3.82. The summed E-state index contributed by atoms with van der Waals surface area (Å²) in [5.74, 6) is 0. The Labute approximate surface area is 131 Å². The molecular weight excluding hydrogens is 294 g/mol. The van der Waals surface area contributed by atoms with Crippen molar-refractivity contribution in [2.75, 3.05) is 19.6 Å². The second kappa shape index (κ2) is 7.19. The Morgan fingerprint density at radius 2 is 0.750 bits per heavy atom. The van der Waals surface area contributed by atoms with Crippen LogP contribution in [-0.4, -0.2) is 44.3 Å². The molecule has 0 bridgehead atoms. The first-order valence-corrected chi connectivity index (χ1v) is 18.4. The van der Waals surface area contributed by atoms with Gasteiger partial charge in [-0.15, -0.1) is 0 Å². The Balaban J connectivity index is 4.66. The predicted molar refractivity (Wildman–Crippen MR) is 102 cm³/mol. The second-order valence-electron chi connectivity index (χ2n) is 9.62. The van der Waals surface area contributed by atoms with Gasteiger partial charge in [-0.3, -0.25) is 0 Å². The molecule has 0 atom stereocenters. The minimum Gasteiger partial charge on any atom is -0.337 e. The van der Waals surface area contributed by atoms with Gasteiger partial charge in [-0.05, 0) is 19.6 Å². The molecule has 0 saturated carbocycles. The third-order valence-electron chi connectivity index (χ3n) is 3.14. The molecule has 122 valence electrons. The molecule has 0 aromatic carbocycles. The smallest absolute Gasteiger partial charge is 0.116 e. The normalized spacial score (nSPS) is 14.7. The van der Waals surface area contributed by atoms with E-state index in [2.05, 4.69) is 80.8 Å². The lowest BCUT2D eigenvalue weighted by molar-refractivity contribution is 0.321. The molecule has 0 aliphatic heterocycles. The fourth-order valence-electron chi connectivity index (χ4n) is 1.62. The van der Waals surface area contributed by atoms with Crippen molar-refractivity contribution >= 4 is 24.7 Å². The summed E-state index contributed by atoms with van der Waals surface area (Å²) in [6.07, 6.45) is 0. The van der Waals surface area contributed by atoms with Crippen LogP contribution in [0, 0.1) is 5.41 Å². The molecular formula is C14H39N3Si3. The van der Waals surface area contributed by atoms with Crippen molar-refractivity contribution in [3.63, 3.8) is 0 Å². The van der Waals surface area contributed by atoms with Gasteiger partial charge in [0.2, 0.25) is 0 Å². The zero-order valence-electron chi connectivity index (χ0n) is 15.6. The molecule has 0 radical (unpaired) electrons. The Kier molecular flexibility index (Phi) is 7.39. The molecule has 6 heteroatoms. The number of hydrogen-bond acceptors (Lipinski definition) is 3. The van der Waals surface area contributed by atoms with Gasteiger partial charge in [0.1, 0.15) is 24.7 Å². The summed E-state index contributed by atoms with van der Waals surface area (Å²) in [7, 11) is -3.60. The summed E-state index contributed by atoms with van der Waals surface area (Å²) in [5, 5.41) is 0. The van der Waals surface area contributed by atoms with Crippen LogP contribution >= 0.6 is 0 Å². The van der Waals surface area contributed by atoms with E-state index in [4.69, 9.17) is 0 Å². The standard InChI is InChI=1S/C14H39N3Si3/c1-14(11-15-18(2,3)4,12-16-19(5,6)7)13-17-20(8,9)10/h15-17H,11-13H2,1-10H3. The molecule has 0 amide bonds. The fourth-order valence-corrected chi connectivity index (χ4v) is 4.49. The molecule has 0 fully saturated rings. The summed E-state index contributed by atoms with van der Waals surface area (Å²) in [4.78, 5) is 11.5. The van der Waals surface area contributed by atoms with Gasteiger partial charge in [-0.2, -0.15) is 0 Å². The van der Waals surface area contributed by atoms with E-state index in [1.54, 1.807) is 0 Å². The lowest BCUT2D eigenvalue weighted by Crippen LogP contribution is -2.58. The summed E-state index contributed by atoms with van der Waals surface area (Å²) in [6, 6.07) is 0. The van der Waals surface area contributed by atoms with Crippen molar-refractivity contribution in [3.05, 3.63) is 0 Å². The highest BCUT2D eigenvalue weighted by atomic mass is 28.3. The molecule has 3 nitrogen and oxygen atoms in total. The summed E-state index contributed by atoms with van der Waals surface area (Å²) in [5.41, 5.74) is 0.292. The molecule has 0 unspecified atom stereocenters. The molecule has 0 rings (SSSR count). The van der Waals surface area contributed by atoms with Crippen LogP contribution in [0.25, 0.3) is 0 Å². The number of nitrogens with one attached hydrogen (secondary N) is 3. The van der Waals surface area contributed by atoms with E-state index in [9.17, 15) is 0 Å². The highest BCUT2D eigenvalue weighted by Crippen LogP contribution is 2.16. The Bertz CT molecular complexity index is 242. The summed E-state index contributed by atoms with van der Waals surface area (Å²) < 4.78 is 0. The highest BCUT2D eigenvalue weighted by molar-refractivity contribution is 6.74. The van der Waals surface area contributed by atoms with E-state index in [-0.39, 0.29) is 0 Å². The largest absolute Gasteiger partial charge is 0.337 e. The van der Waals surface area contributed by atoms with E-state index in [0.29, 0.717) is 5.41 Å². The van der Waals surface area contributed by atoms with Crippen LogP contribution < -0.4 is 14.9 Å². The molecule has 0 aromatic heterocycles. The van der Waals surface area contributed by atoms with Crippen molar-refractivity contribution in [3.8, 4) is 0 Å². The third kappa shape index (κ3) is 12.3. The van der Waals surface area contributed by atoms with Gasteiger partial charge in [-0.25, -0.2) is 0 Å². The number of hydrogen-bond donors (Lipinski definition) is 3. The van der Waals surface area contributed by atoms with Crippen molar-refractivity contribution in [2.45, 2.75) is 65.8 Å². The Morgan fingerprint density at radius 3 is 0.900 bits per heavy atom. The first-order valence-electron chi connectivity index (χ1n) is 7.87. The molecule has 0 heterocycles. The van der Waals surface area contributed by atoms with Gasteiger partial charge in [0, 0.05) is 5.41 Å². The fraction of sp³-hybridized carbons (Fsp3) is 1.00. The second-order valence-corrected chi connectivity index (χ2v) is 24.2. The first kappa shape index (κ1) is 20.5. The van der Waals surface area contributed by atoms with Gasteiger partial charge >= 0.3 is 0 Å². The maximum Gasteiger partial charge on any atom is 0.116 e. The molecule has 0 saturated heterocycles. The maximum atomic E-state index is 3.82. The third-order valence-corrected chi connectivity index (χ3v) is 6.85. The van der Waals surface area contributed by atoms with Gasteiger partial charge in [0.25, 0.3) is 0 Å². The highest BCUT2D eigenvalue weighted by Gasteiger charge is 2.30. The Morgan fingerprint density at radius 1 is 0.550 bits per heavy atom. The van der Waals surface area contributed by atoms with Crippen molar-refractivity contribution in [1.29, 1.82) is 0 Å². The van der Waals surface area contributed by atoms with Crippen molar-refractivity contribution in [1.82, 2.24) is 14.9 Å². The minimum atomic E-state index is -1.20. The van der Waals surface area contributed by atoms with Crippen LogP contribution in [0.2, 0.25) is 58.9 Å². The lowest BCUT2D eigenvalue weighted by atomic mass is 9.91. The predicted octanol–water partition coefficient (Wildman–Crippen LogP) is 3.27. The van der Waals surface area contributed by atoms with E-state index in [0.717, 1.165) is 19.6 Å². The molecule has 0 aliphatic carbocycles. The summed E-state index contributed by atoms with van der Waals surface area (Å²) in [6.45, 7) is 27.2. The molecule has 20 heavy (non-hydrogen) atoms. The van der Waals surface area contributed by atoms with E-state index in [1.807, 2.05) is 0 Å². The van der Waals surface area contributed by atoms with Crippen molar-refractivity contribution in [2.24, 2.45) is 5.41 Å². The average molecular weight is 334 g/mol. The zero-order chi connectivity index (χ0) is 16.2. The Hall–Kier alpha value is 0.531. The molecule has 0 spiro atoms. The van der Waals surface area contributed by atoms with Gasteiger partial charge in [0.05, 0.1) is 0 Å². The van der Waals surface area contributed by atoms with Crippen LogP contribution in [-0.2, 0) is 0 Å². The SMILES string of the molecule is CC(CN[Si](C)(C)C)(CN[Si](C)(C)C)CN[Si](C)(C)C. The van der Waals surface area contributed by atoms with Crippen LogP contribution in [0.5, 0.6) is 0 Å². The molecule has 0 aliphatic rings. The lowest BCUT2D eigenvalue weighted by Gasteiger charge is -2.37. The minimum absolute atomic E-state index is 0.292. The van der Waals surface area contributed by atoms with E-state index in [1.165, 1.54) is 0 Å². The first-order chi connectivity index (χ1) is 8.62. The van der Waals surface area contributed by atoms with Gasteiger partial charge < -0.3 is 14.9 Å². The van der Waals surface area contributed by atoms with Gasteiger partial charge in [-0.1, -0.05) is 65.8 Å². The zero-order valence-corrected chi connectivity index (χ0v) is 18.6. The van der Waals surface area contributed by atoms with E-state index < -0.39 is 24.7 Å². The monoisotopic (exact) mass is 333 g/mol. The average Bonchev–Trinajstić information content (AvgIpc) is 2.18. The molecule has 3 N–H and O–H groups in total. The van der Waals surface area contributed by atoms with Crippen LogP contribution in [0.15, 0.2) is 0 Å². The topological polar surface area (TPSA) is 36.1 Å². The van der Waals surface area contributed by atoms with Crippen LogP contribution in [0.4, 0.5) is 0 Å². The molecule has 0 aromatic rings. The van der Waals surface area contributed by atoms with Crippen LogP contribution in [0.1, 0.15) is 6.92 Å². The van der Waals surface area contributed by atoms with E-state index >= 15 is 0 Å². The van der Waals surface area contributed by atoms with Crippen LogP contribution in [0.3, 0.4) is 0 Å². The van der Waals surface area contributed by atoms with Gasteiger partial charge in [0.15, 0.2) is 0 Å².